The van der Waals surface area contributed by atoms with Crippen LogP contribution in [0, 0.1) is 0 Å². The van der Waals surface area contributed by atoms with Crippen LogP contribution < -0.4 is 20.9 Å². The lowest BCUT2D eigenvalue weighted by Gasteiger charge is -2.49. The molecule has 1 saturated heterocycles. The second-order valence-corrected chi connectivity index (χ2v) is 13.2. The van der Waals surface area contributed by atoms with Crippen molar-refractivity contribution in [1.82, 2.24) is 24.9 Å². The maximum Gasteiger partial charge on any atom is 0.352 e. The number of carboxylic acids is 2. The molecule has 2 aliphatic heterocycles. The van der Waals surface area contributed by atoms with Crippen molar-refractivity contribution >= 4 is 91.9 Å². The lowest BCUT2D eigenvalue weighted by Crippen LogP contribution is -2.71. The fourth-order valence-electron chi connectivity index (χ4n) is 4.72. The lowest BCUT2D eigenvalue weighted by atomic mass is 10.0. The number of thioether (sulfide) groups is 1. The summed E-state index contributed by atoms with van der Waals surface area (Å²) in [5, 5.41) is 29.3. The zero-order valence-electron chi connectivity index (χ0n) is 22.8. The Bertz CT molecular complexity index is 1750. The SMILES string of the molecule is C[C@H](O/N=C(\C(=O)N[C@@H]1C(=O)N2C(C(=O)O)=C(C[n+]3cc4sccn4c3[C@@H](C)NC=O)CS[C@H]12)c1nc(N)sc1Cl)C(=O)O. The fourth-order valence-corrected chi connectivity index (χ4v) is 7.77. The lowest BCUT2D eigenvalue weighted by molar-refractivity contribution is -0.696. The van der Waals surface area contributed by atoms with Gasteiger partial charge in [-0.3, -0.25) is 19.3 Å². The molecule has 0 unspecified atom stereocenters. The van der Waals surface area contributed by atoms with Crippen LogP contribution in [-0.4, -0.2) is 83.6 Å². The molecule has 0 aliphatic carbocycles. The molecule has 44 heavy (non-hydrogen) atoms. The molecule has 6 N–H and O–H groups in total. The number of nitrogens with two attached hydrogens (primary N) is 1. The number of hydrogen-bond acceptors (Lipinski definition) is 12. The summed E-state index contributed by atoms with van der Waals surface area (Å²) in [5.74, 6) is -3.34. The number of thiazole rings is 2. The summed E-state index contributed by atoms with van der Waals surface area (Å²) in [6.07, 6.45) is 2.86. The number of imidazole rings is 1. The van der Waals surface area contributed by atoms with Crippen LogP contribution in [-0.2, 0) is 35.4 Å². The van der Waals surface area contributed by atoms with E-state index < -0.39 is 53.0 Å². The minimum Gasteiger partial charge on any atom is -0.478 e. The number of oxime groups is 1. The first-order chi connectivity index (χ1) is 20.9. The monoisotopic (exact) mass is 683 g/mol. The number of fused-ring (bicyclic) bond motifs is 2. The van der Waals surface area contributed by atoms with E-state index in [1.807, 2.05) is 26.7 Å². The van der Waals surface area contributed by atoms with Crippen LogP contribution in [0.25, 0.3) is 4.83 Å². The topological polar surface area (TPSA) is 222 Å². The third-order valence-corrected chi connectivity index (χ3v) is 9.96. The molecule has 3 amide bonds. The minimum atomic E-state index is -1.42. The van der Waals surface area contributed by atoms with Gasteiger partial charge >= 0.3 is 11.9 Å². The van der Waals surface area contributed by atoms with E-state index in [1.54, 1.807) is 6.92 Å². The highest BCUT2D eigenvalue weighted by molar-refractivity contribution is 8.00. The molecule has 0 spiro atoms. The normalized spacial score (nSPS) is 19.7. The molecule has 0 saturated carbocycles. The van der Waals surface area contributed by atoms with Crippen LogP contribution in [0.2, 0.25) is 4.34 Å². The van der Waals surface area contributed by atoms with Gasteiger partial charge < -0.3 is 31.4 Å². The Morgan fingerprint density at radius 3 is 2.75 bits per heavy atom. The van der Waals surface area contributed by atoms with Crippen molar-refractivity contribution in [3.05, 3.63) is 44.9 Å². The average molecular weight is 684 g/mol. The Hall–Kier alpha value is -4.20. The maximum atomic E-state index is 13.3. The van der Waals surface area contributed by atoms with Gasteiger partial charge in [-0.2, -0.15) is 4.40 Å². The van der Waals surface area contributed by atoms with Crippen molar-refractivity contribution in [2.45, 2.75) is 44.0 Å². The van der Waals surface area contributed by atoms with Crippen LogP contribution >= 0.6 is 46.0 Å². The first-order valence-corrected chi connectivity index (χ1v) is 15.8. The zero-order valence-corrected chi connectivity index (χ0v) is 26.0. The van der Waals surface area contributed by atoms with Gasteiger partial charge in [-0.15, -0.1) is 11.8 Å². The van der Waals surface area contributed by atoms with E-state index in [2.05, 4.69) is 20.8 Å². The molecule has 16 nitrogen and oxygen atoms in total. The van der Waals surface area contributed by atoms with Crippen molar-refractivity contribution in [3.63, 3.8) is 0 Å². The first-order valence-electron chi connectivity index (χ1n) is 12.7. The van der Waals surface area contributed by atoms with E-state index >= 15 is 0 Å². The summed E-state index contributed by atoms with van der Waals surface area (Å²) < 4.78 is 3.71. The molecule has 20 heteroatoms. The molecule has 5 rings (SSSR count). The van der Waals surface area contributed by atoms with Gasteiger partial charge in [0.15, 0.2) is 10.8 Å². The number of nitrogen functional groups attached to an aromatic ring is 1. The maximum absolute atomic E-state index is 13.3. The third kappa shape index (κ3) is 5.70. The number of aromatic nitrogens is 3. The van der Waals surface area contributed by atoms with Crippen molar-refractivity contribution in [2.75, 3.05) is 11.5 Å². The Morgan fingerprint density at radius 1 is 1.36 bits per heavy atom. The summed E-state index contributed by atoms with van der Waals surface area (Å²) in [6, 6.07) is -1.53. The summed E-state index contributed by atoms with van der Waals surface area (Å²) in [6.45, 7) is 3.13. The van der Waals surface area contributed by atoms with Gasteiger partial charge in [0.2, 0.25) is 17.3 Å². The van der Waals surface area contributed by atoms with Gasteiger partial charge in [-0.1, -0.05) is 39.4 Å². The molecule has 4 atom stereocenters. The molecule has 0 aromatic carbocycles. The predicted molar refractivity (Wildman–Crippen MR) is 159 cm³/mol. The van der Waals surface area contributed by atoms with E-state index in [1.165, 1.54) is 30.0 Å². The number of β-lactam (4-membered cyclic amide) rings is 1. The number of amides is 3. The molecule has 5 heterocycles. The molecule has 2 aliphatic rings. The summed E-state index contributed by atoms with van der Waals surface area (Å²) in [4.78, 5) is 72.3. The van der Waals surface area contributed by atoms with Gasteiger partial charge in [0, 0.05) is 16.7 Å². The highest BCUT2D eigenvalue weighted by Crippen LogP contribution is 2.40. The van der Waals surface area contributed by atoms with Crippen LogP contribution in [0.1, 0.15) is 31.4 Å². The molecule has 232 valence electrons. The number of carbonyl (C=O) groups is 5. The van der Waals surface area contributed by atoms with Crippen LogP contribution in [0.4, 0.5) is 5.13 Å². The summed E-state index contributed by atoms with van der Waals surface area (Å²) >= 11 is 9.74. The molecular weight excluding hydrogens is 660 g/mol. The van der Waals surface area contributed by atoms with Crippen LogP contribution in [0.5, 0.6) is 0 Å². The number of rotatable bonds is 12. The first kappa shape index (κ1) is 31.2. The number of carboxylic acid groups (broad SMARTS) is 2. The van der Waals surface area contributed by atoms with Crippen molar-refractivity contribution in [3.8, 4) is 0 Å². The second-order valence-electron chi connectivity index (χ2n) is 9.55. The number of hydrogen-bond donors (Lipinski definition) is 5. The molecule has 1 fully saturated rings. The average Bonchev–Trinajstić information content (AvgIpc) is 3.65. The summed E-state index contributed by atoms with van der Waals surface area (Å²) in [5.41, 5.74) is 5.28. The summed E-state index contributed by atoms with van der Waals surface area (Å²) in [7, 11) is 0. The third-order valence-electron chi connectivity index (χ3n) is 6.74. The van der Waals surface area contributed by atoms with E-state index in [0.717, 1.165) is 21.1 Å². The molecule has 0 radical (unpaired) electrons. The zero-order chi connectivity index (χ0) is 31.9. The van der Waals surface area contributed by atoms with Crippen LogP contribution in [0.3, 0.4) is 0 Å². The van der Waals surface area contributed by atoms with Gasteiger partial charge in [0.25, 0.3) is 17.6 Å². The highest BCUT2D eigenvalue weighted by atomic mass is 35.5. The van der Waals surface area contributed by atoms with E-state index in [0.29, 0.717) is 17.8 Å². The van der Waals surface area contributed by atoms with Crippen molar-refractivity contribution in [2.24, 2.45) is 5.16 Å². The van der Waals surface area contributed by atoms with E-state index in [-0.39, 0.29) is 33.2 Å². The Morgan fingerprint density at radius 2 is 2.11 bits per heavy atom. The number of nitrogens with one attached hydrogen (secondary N) is 2. The smallest absolute Gasteiger partial charge is 0.352 e. The fraction of sp³-hybridized carbons (Fsp3) is 0.333. The number of nitrogens with zero attached hydrogens (tertiary/aromatic N) is 5. The minimum absolute atomic E-state index is 0.00899. The largest absolute Gasteiger partial charge is 0.478 e. The number of anilines is 1. The highest BCUT2D eigenvalue weighted by Gasteiger charge is 2.55. The second kappa shape index (κ2) is 12.4. The Kier molecular flexibility index (Phi) is 8.82. The van der Waals surface area contributed by atoms with Crippen molar-refractivity contribution in [1.29, 1.82) is 0 Å². The number of halogens is 1. The number of carbonyl (C=O) groups excluding carboxylic acids is 3. The molecular formula is C24H24ClN8O8S3+. The standard InChI is InChI=1S/C24H23ClN8O8S3/c1-9(27-8-34)19-31(6-12-32(19)3-4-42-12)5-11-7-43-21-15(20(36)33(21)16(11)23(39)40)28-18(35)14(30-41-10(2)22(37)38)13-17(25)44-24(26)29-13/h3-4,6,8-10,15,21H,5,7H2,1-2H3,(H5-,26,27,28,29,34,35,37,38,39,40)/p+1/b30-14-/t9-,10+,15-,21-/m1/s1. The van der Waals surface area contributed by atoms with Gasteiger partial charge in [-0.25, -0.2) is 19.1 Å². The number of aliphatic carboxylic acids is 2. The van der Waals surface area contributed by atoms with Crippen molar-refractivity contribution < 1.29 is 43.6 Å². The van der Waals surface area contributed by atoms with Crippen LogP contribution in [0.15, 0.2) is 34.2 Å². The Labute approximate surface area is 265 Å². The van der Waals surface area contributed by atoms with Gasteiger partial charge in [-0.05, 0) is 13.8 Å². The molecule has 3 aromatic heterocycles. The molecule has 0 bridgehead atoms. The van der Waals surface area contributed by atoms with E-state index in [4.69, 9.17) is 27.3 Å². The molecule has 3 aromatic rings. The quantitative estimate of drug-likeness (QED) is 0.0579. The van der Waals surface area contributed by atoms with Gasteiger partial charge in [0.1, 0.15) is 52.1 Å². The van der Waals surface area contributed by atoms with Gasteiger partial charge in [0.05, 0.1) is 0 Å². The Balaban J connectivity index is 1.40. The van der Waals surface area contributed by atoms with E-state index in [9.17, 15) is 29.1 Å². The predicted octanol–water partition coefficient (Wildman–Crippen LogP) is 0.420.